The lowest BCUT2D eigenvalue weighted by atomic mass is 10.0. The molecule has 2 aromatic rings. The fourth-order valence-corrected chi connectivity index (χ4v) is 3.69. The topological polar surface area (TPSA) is 21.3 Å². The van der Waals surface area contributed by atoms with Gasteiger partial charge in [-0.05, 0) is 47.2 Å². The maximum absolute atomic E-state index is 6.00. The molecule has 19 heavy (non-hydrogen) atoms. The summed E-state index contributed by atoms with van der Waals surface area (Å²) in [5.41, 5.74) is 1.12. The largest absolute Gasteiger partial charge is 0.496 e. The molecule has 1 unspecified atom stereocenters. The molecule has 0 spiro atoms. The highest BCUT2D eigenvalue weighted by Crippen LogP contribution is 2.32. The fraction of sp³-hybridized carbons (Fsp3) is 0.286. The van der Waals surface area contributed by atoms with E-state index < -0.39 is 0 Å². The van der Waals surface area contributed by atoms with Gasteiger partial charge in [0, 0.05) is 27.9 Å². The smallest absolute Gasteiger partial charge is 0.125 e. The highest BCUT2D eigenvalue weighted by molar-refractivity contribution is 9.11. The number of halogens is 2. The molecule has 0 aliphatic rings. The fourth-order valence-electron chi connectivity index (χ4n) is 2.00. The SMILES string of the molecule is CNC(Cc1ccc(Br)s1)c1ccc(Cl)cc1OC. The number of likely N-dealkylation sites (N-methyl/N-ethyl adjacent to an activating group) is 1. The predicted molar refractivity (Wildman–Crippen MR) is 85.5 cm³/mol. The van der Waals surface area contributed by atoms with Gasteiger partial charge in [-0.2, -0.15) is 0 Å². The van der Waals surface area contributed by atoms with Gasteiger partial charge in [0.15, 0.2) is 0 Å². The van der Waals surface area contributed by atoms with E-state index in [4.69, 9.17) is 16.3 Å². The summed E-state index contributed by atoms with van der Waals surface area (Å²) >= 11 is 11.2. The second-order valence-electron chi connectivity index (χ2n) is 4.14. The van der Waals surface area contributed by atoms with Crippen LogP contribution in [-0.2, 0) is 6.42 Å². The molecule has 1 atom stereocenters. The average Bonchev–Trinajstić information content (AvgIpc) is 2.81. The zero-order valence-corrected chi connectivity index (χ0v) is 13.9. The van der Waals surface area contributed by atoms with E-state index in [2.05, 4.69) is 33.4 Å². The van der Waals surface area contributed by atoms with Crippen LogP contribution in [0, 0.1) is 0 Å². The Morgan fingerprint density at radius 1 is 1.37 bits per heavy atom. The van der Waals surface area contributed by atoms with Gasteiger partial charge in [-0.25, -0.2) is 0 Å². The molecule has 0 bridgehead atoms. The Morgan fingerprint density at radius 2 is 2.16 bits per heavy atom. The summed E-state index contributed by atoms with van der Waals surface area (Å²) in [5.74, 6) is 0.822. The van der Waals surface area contributed by atoms with Gasteiger partial charge in [0.2, 0.25) is 0 Å². The van der Waals surface area contributed by atoms with Crippen LogP contribution >= 0.6 is 38.9 Å². The first-order chi connectivity index (χ1) is 9.13. The van der Waals surface area contributed by atoms with Crippen LogP contribution in [0.25, 0.3) is 0 Å². The van der Waals surface area contributed by atoms with Crippen molar-refractivity contribution in [3.8, 4) is 5.75 Å². The Hall–Kier alpha value is -0.550. The first-order valence-corrected chi connectivity index (χ1v) is 7.87. The van der Waals surface area contributed by atoms with Crippen LogP contribution in [0.2, 0.25) is 5.02 Å². The Labute approximate surface area is 130 Å². The molecule has 0 saturated carbocycles. The number of methoxy groups -OCH3 is 1. The van der Waals surface area contributed by atoms with Crippen LogP contribution in [0.15, 0.2) is 34.1 Å². The van der Waals surface area contributed by atoms with Crippen molar-refractivity contribution in [1.82, 2.24) is 5.32 Å². The van der Waals surface area contributed by atoms with Crippen LogP contribution in [-0.4, -0.2) is 14.2 Å². The van der Waals surface area contributed by atoms with E-state index in [0.29, 0.717) is 5.02 Å². The Balaban J connectivity index is 2.26. The zero-order chi connectivity index (χ0) is 13.8. The van der Waals surface area contributed by atoms with Gasteiger partial charge in [0.25, 0.3) is 0 Å². The third kappa shape index (κ3) is 3.72. The van der Waals surface area contributed by atoms with Crippen LogP contribution < -0.4 is 10.1 Å². The van der Waals surface area contributed by atoms with Crippen LogP contribution in [0.3, 0.4) is 0 Å². The lowest BCUT2D eigenvalue weighted by Crippen LogP contribution is -2.19. The summed E-state index contributed by atoms with van der Waals surface area (Å²) in [6.45, 7) is 0. The van der Waals surface area contributed by atoms with Crippen molar-refractivity contribution in [1.29, 1.82) is 0 Å². The molecule has 0 aliphatic heterocycles. The van der Waals surface area contributed by atoms with Crippen molar-refractivity contribution in [2.24, 2.45) is 0 Å². The number of benzene rings is 1. The second kappa shape index (κ2) is 6.75. The zero-order valence-electron chi connectivity index (χ0n) is 10.7. The molecule has 0 amide bonds. The molecule has 1 aromatic carbocycles. The van der Waals surface area contributed by atoms with E-state index in [1.54, 1.807) is 18.4 Å². The standard InChI is InChI=1S/C14H15BrClNOS/c1-17-12(8-10-4-6-14(15)19-10)11-5-3-9(16)7-13(11)18-2/h3-7,12,17H,8H2,1-2H3. The van der Waals surface area contributed by atoms with Gasteiger partial charge in [-0.3, -0.25) is 0 Å². The van der Waals surface area contributed by atoms with Gasteiger partial charge in [0.05, 0.1) is 10.9 Å². The minimum Gasteiger partial charge on any atom is -0.496 e. The van der Waals surface area contributed by atoms with Gasteiger partial charge < -0.3 is 10.1 Å². The van der Waals surface area contributed by atoms with E-state index in [0.717, 1.165) is 21.5 Å². The van der Waals surface area contributed by atoms with Gasteiger partial charge >= 0.3 is 0 Å². The van der Waals surface area contributed by atoms with E-state index >= 15 is 0 Å². The number of ether oxygens (including phenoxy) is 1. The lowest BCUT2D eigenvalue weighted by Gasteiger charge is -2.19. The van der Waals surface area contributed by atoms with Crippen molar-refractivity contribution in [3.63, 3.8) is 0 Å². The summed E-state index contributed by atoms with van der Waals surface area (Å²) in [7, 11) is 3.63. The Kier molecular flexibility index (Phi) is 5.28. The number of thiophene rings is 1. The number of rotatable bonds is 5. The van der Waals surface area contributed by atoms with Gasteiger partial charge in [0.1, 0.15) is 5.75 Å². The molecular formula is C14H15BrClNOS. The molecule has 1 N–H and O–H groups in total. The molecule has 0 aliphatic carbocycles. The highest BCUT2D eigenvalue weighted by Gasteiger charge is 2.16. The molecule has 1 aromatic heterocycles. The van der Waals surface area contributed by atoms with Gasteiger partial charge in [-0.1, -0.05) is 17.7 Å². The number of hydrogen-bond acceptors (Lipinski definition) is 3. The minimum atomic E-state index is 0.206. The number of hydrogen-bond donors (Lipinski definition) is 1. The second-order valence-corrected chi connectivity index (χ2v) is 7.12. The predicted octanol–water partition coefficient (Wildman–Crippen LogP) is 4.68. The summed E-state index contributed by atoms with van der Waals surface area (Å²) in [5, 5.41) is 4.03. The van der Waals surface area contributed by atoms with Gasteiger partial charge in [-0.15, -0.1) is 11.3 Å². The molecule has 2 rings (SSSR count). The first-order valence-electron chi connectivity index (χ1n) is 5.89. The molecule has 1 heterocycles. The average molecular weight is 361 g/mol. The summed E-state index contributed by atoms with van der Waals surface area (Å²) in [6, 6.07) is 10.2. The lowest BCUT2D eigenvalue weighted by molar-refractivity contribution is 0.401. The van der Waals surface area contributed by atoms with E-state index in [-0.39, 0.29) is 6.04 Å². The highest BCUT2D eigenvalue weighted by atomic mass is 79.9. The van der Waals surface area contributed by atoms with Crippen LogP contribution in [0.4, 0.5) is 0 Å². The molecule has 5 heteroatoms. The van der Waals surface area contributed by atoms with Crippen molar-refractivity contribution >= 4 is 38.9 Å². The van der Waals surface area contributed by atoms with Crippen molar-refractivity contribution in [3.05, 3.63) is 49.6 Å². The Morgan fingerprint density at radius 3 is 2.74 bits per heavy atom. The van der Waals surface area contributed by atoms with Crippen LogP contribution in [0.5, 0.6) is 5.75 Å². The molecular weight excluding hydrogens is 346 g/mol. The third-order valence-electron chi connectivity index (χ3n) is 2.95. The summed E-state index contributed by atoms with van der Waals surface area (Å²) in [6.07, 6.45) is 0.921. The first kappa shape index (κ1) is 14.9. The van der Waals surface area contributed by atoms with Crippen molar-refractivity contribution < 1.29 is 4.74 Å². The van der Waals surface area contributed by atoms with E-state index in [1.807, 2.05) is 25.2 Å². The van der Waals surface area contributed by atoms with E-state index in [9.17, 15) is 0 Å². The molecule has 0 fully saturated rings. The van der Waals surface area contributed by atoms with E-state index in [1.165, 1.54) is 4.88 Å². The summed E-state index contributed by atoms with van der Waals surface area (Å²) < 4.78 is 6.57. The molecule has 102 valence electrons. The van der Waals surface area contributed by atoms with Crippen molar-refractivity contribution in [2.45, 2.75) is 12.5 Å². The quantitative estimate of drug-likeness (QED) is 0.836. The third-order valence-corrected chi connectivity index (χ3v) is 4.83. The molecule has 0 saturated heterocycles. The monoisotopic (exact) mass is 359 g/mol. The maximum Gasteiger partial charge on any atom is 0.125 e. The molecule has 2 nitrogen and oxygen atoms in total. The number of nitrogens with one attached hydrogen (secondary N) is 1. The normalized spacial score (nSPS) is 12.4. The minimum absolute atomic E-state index is 0.206. The van der Waals surface area contributed by atoms with Crippen molar-refractivity contribution in [2.75, 3.05) is 14.2 Å². The Bertz CT molecular complexity index is 558. The molecule has 0 radical (unpaired) electrons. The summed E-state index contributed by atoms with van der Waals surface area (Å²) in [4.78, 5) is 1.32. The van der Waals surface area contributed by atoms with Crippen LogP contribution in [0.1, 0.15) is 16.5 Å². The maximum atomic E-state index is 6.00.